The maximum Gasteiger partial charge on any atom is 0.0679 e. The molecule has 17 heavy (non-hydrogen) atoms. The van der Waals surface area contributed by atoms with Crippen LogP contribution < -0.4 is 5.90 Å². The van der Waals surface area contributed by atoms with Gasteiger partial charge in [-0.25, -0.2) is 5.90 Å². The van der Waals surface area contributed by atoms with E-state index >= 15 is 0 Å². The predicted octanol–water partition coefficient (Wildman–Crippen LogP) is 2.43. The van der Waals surface area contributed by atoms with E-state index in [1.54, 1.807) is 7.11 Å². The van der Waals surface area contributed by atoms with Gasteiger partial charge in [0.1, 0.15) is 0 Å². The van der Waals surface area contributed by atoms with E-state index in [1.807, 2.05) is 13.8 Å². The summed E-state index contributed by atoms with van der Waals surface area (Å²) >= 11 is 0. The van der Waals surface area contributed by atoms with Crippen molar-refractivity contribution in [2.24, 2.45) is 5.90 Å². The van der Waals surface area contributed by atoms with Gasteiger partial charge in [0.15, 0.2) is 0 Å². The third-order valence-corrected chi connectivity index (χ3v) is 2.51. The summed E-state index contributed by atoms with van der Waals surface area (Å²) in [6, 6.07) is 0. The van der Waals surface area contributed by atoms with Crippen molar-refractivity contribution < 1.29 is 9.57 Å². The summed E-state index contributed by atoms with van der Waals surface area (Å²) in [4.78, 5) is 7.00. The fraction of sp³-hybridized carbons (Fsp3) is 1.00. The molecule has 0 amide bonds. The quantitative estimate of drug-likeness (QED) is 0.451. The molecule has 2 N–H and O–H groups in total. The number of hydrogen-bond donors (Lipinski definition) is 1. The molecule has 0 aliphatic carbocycles. The van der Waals surface area contributed by atoms with E-state index in [-0.39, 0.29) is 0 Å². The Kier molecular flexibility index (Phi) is 20.6. The van der Waals surface area contributed by atoms with E-state index in [4.69, 9.17) is 10.6 Å². The smallest absolute Gasteiger partial charge is 0.0679 e. The zero-order valence-electron chi connectivity index (χ0n) is 12.2. The van der Waals surface area contributed by atoms with Gasteiger partial charge in [-0.05, 0) is 45.3 Å². The van der Waals surface area contributed by atoms with Gasteiger partial charge in [-0.2, -0.15) is 0 Å². The summed E-state index contributed by atoms with van der Waals surface area (Å²) < 4.78 is 5.02. The summed E-state index contributed by atoms with van der Waals surface area (Å²) in [5, 5.41) is 0. The summed E-state index contributed by atoms with van der Waals surface area (Å²) in [5.74, 6) is 4.96. The second-order valence-electron chi connectivity index (χ2n) is 3.71. The molecule has 0 aromatic carbocycles. The van der Waals surface area contributed by atoms with Crippen molar-refractivity contribution in [2.75, 3.05) is 40.0 Å². The maximum absolute atomic E-state index is 5.02. The molecule has 0 aliphatic heterocycles. The Morgan fingerprint density at radius 2 is 1.47 bits per heavy atom. The van der Waals surface area contributed by atoms with Gasteiger partial charge in [-0.1, -0.05) is 20.8 Å². The average molecular weight is 248 g/mol. The SMILES string of the molecule is CC.CCN(CCCCOC)CCCCON. The molecule has 0 aromatic heterocycles. The number of hydrogen-bond acceptors (Lipinski definition) is 4. The molecular weight excluding hydrogens is 216 g/mol. The van der Waals surface area contributed by atoms with Crippen LogP contribution >= 0.6 is 0 Å². The van der Waals surface area contributed by atoms with Crippen molar-refractivity contribution in [3.8, 4) is 0 Å². The molecule has 0 fully saturated rings. The van der Waals surface area contributed by atoms with E-state index in [1.165, 1.54) is 13.0 Å². The fourth-order valence-electron chi connectivity index (χ4n) is 1.53. The van der Waals surface area contributed by atoms with Crippen LogP contribution in [0.1, 0.15) is 46.5 Å². The molecule has 0 bridgehead atoms. The molecule has 4 nitrogen and oxygen atoms in total. The van der Waals surface area contributed by atoms with Gasteiger partial charge in [-0.3, -0.25) is 0 Å². The first kappa shape index (κ1) is 19.2. The zero-order chi connectivity index (χ0) is 13.4. The molecule has 106 valence electrons. The molecule has 0 heterocycles. The first-order chi connectivity index (χ1) is 8.35. The average Bonchev–Trinajstić information content (AvgIpc) is 2.39. The molecule has 0 aliphatic rings. The Balaban J connectivity index is 0. The predicted molar refractivity (Wildman–Crippen MR) is 73.9 cm³/mol. The van der Waals surface area contributed by atoms with Crippen LogP contribution in [0.4, 0.5) is 0 Å². The summed E-state index contributed by atoms with van der Waals surface area (Å²) in [6.07, 6.45) is 4.58. The molecule has 0 unspecified atom stereocenters. The van der Waals surface area contributed by atoms with Crippen molar-refractivity contribution in [2.45, 2.75) is 46.5 Å². The number of nitrogens with zero attached hydrogens (tertiary/aromatic N) is 1. The van der Waals surface area contributed by atoms with Crippen LogP contribution in [0.5, 0.6) is 0 Å². The monoisotopic (exact) mass is 248 g/mol. The van der Waals surface area contributed by atoms with Gasteiger partial charge < -0.3 is 14.5 Å². The Bertz CT molecular complexity index is 112. The maximum atomic E-state index is 5.02. The van der Waals surface area contributed by atoms with E-state index in [0.717, 1.165) is 39.0 Å². The Hall–Kier alpha value is -0.160. The lowest BCUT2D eigenvalue weighted by atomic mass is 10.2. The first-order valence-electron chi connectivity index (χ1n) is 6.88. The van der Waals surface area contributed by atoms with Crippen LogP contribution in [-0.2, 0) is 9.57 Å². The van der Waals surface area contributed by atoms with Crippen molar-refractivity contribution in [1.29, 1.82) is 0 Å². The summed E-state index contributed by atoms with van der Waals surface area (Å²) in [7, 11) is 1.75. The molecule has 0 rings (SSSR count). The third kappa shape index (κ3) is 15.8. The Morgan fingerprint density at radius 1 is 0.941 bits per heavy atom. The first-order valence-corrected chi connectivity index (χ1v) is 6.88. The summed E-state index contributed by atoms with van der Waals surface area (Å²) in [6.45, 7) is 11.2. The van der Waals surface area contributed by atoms with Crippen LogP contribution in [0.2, 0.25) is 0 Å². The highest BCUT2D eigenvalue weighted by Crippen LogP contribution is 1.99. The number of unbranched alkanes of at least 4 members (excludes halogenated alkanes) is 2. The highest BCUT2D eigenvalue weighted by molar-refractivity contribution is 4.56. The molecule has 4 heteroatoms. The minimum atomic E-state index is 0.668. The van der Waals surface area contributed by atoms with Gasteiger partial charge in [0, 0.05) is 13.7 Å². The lowest BCUT2D eigenvalue weighted by Gasteiger charge is -2.19. The van der Waals surface area contributed by atoms with Gasteiger partial charge in [0.2, 0.25) is 0 Å². The van der Waals surface area contributed by atoms with Crippen LogP contribution in [0.15, 0.2) is 0 Å². The molecule has 0 atom stereocenters. The second kappa shape index (κ2) is 18.2. The third-order valence-electron chi connectivity index (χ3n) is 2.51. The second-order valence-corrected chi connectivity index (χ2v) is 3.71. The lowest BCUT2D eigenvalue weighted by molar-refractivity contribution is 0.130. The van der Waals surface area contributed by atoms with Crippen molar-refractivity contribution >= 4 is 0 Å². The largest absolute Gasteiger partial charge is 0.385 e. The molecule has 0 spiro atoms. The standard InChI is InChI=1S/C11H26N2O2.C2H6/c1-3-13(8-4-6-10-14-2)9-5-7-11-15-12;1-2/h3-12H2,1-2H3;1-2H3. The van der Waals surface area contributed by atoms with Crippen LogP contribution in [0.25, 0.3) is 0 Å². The topological polar surface area (TPSA) is 47.7 Å². The van der Waals surface area contributed by atoms with Gasteiger partial charge in [-0.15, -0.1) is 0 Å². The van der Waals surface area contributed by atoms with Gasteiger partial charge >= 0.3 is 0 Å². The molecule has 0 aromatic rings. The zero-order valence-corrected chi connectivity index (χ0v) is 12.2. The number of nitrogens with two attached hydrogens (primary N) is 1. The van der Waals surface area contributed by atoms with Crippen LogP contribution in [-0.4, -0.2) is 44.9 Å². The molecule has 0 radical (unpaired) electrons. The minimum absolute atomic E-state index is 0.668. The minimum Gasteiger partial charge on any atom is -0.385 e. The molecular formula is C13H32N2O2. The van der Waals surface area contributed by atoms with Crippen molar-refractivity contribution in [3.63, 3.8) is 0 Å². The van der Waals surface area contributed by atoms with E-state index in [9.17, 15) is 0 Å². The van der Waals surface area contributed by atoms with Crippen LogP contribution in [0.3, 0.4) is 0 Å². The van der Waals surface area contributed by atoms with Crippen LogP contribution in [0, 0.1) is 0 Å². The Labute approximate surface area is 107 Å². The lowest BCUT2D eigenvalue weighted by Crippen LogP contribution is -2.26. The van der Waals surface area contributed by atoms with Gasteiger partial charge in [0.25, 0.3) is 0 Å². The fourth-order valence-corrected chi connectivity index (χ4v) is 1.53. The highest BCUT2D eigenvalue weighted by Gasteiger charge is 2.01. The number of rotatable bonds is 11. The number of methoxy groups -OCH3 is 1. The van der Waals surface area contributed by atoms with Gasteiger partial charge in [0.05, 0.1) is 6.61 Å². The van der Waals surface area contributed by atoms with E-state index in [2.05, 4.69) is 16.7 Å². The highest BCUT2D eigenvalue weighted by atomic mass is 16.6. The van der Waals surface area contributed by atoms with E-state index in [0.29, 0.717) is 6.61 Å². The van der Waals surface area contributed by atoms with Crippen molar-refractivity contribution in [1.82, 2.24) is 4.90 Å². The normalized spacial score (nSPS) is 10.2. The Morgan fingerprint density at radius 3 is 1.88 bits per heavy atom. The number of ether oxygens (including phenoxy) is 1. The molecule has 0 saturated heterocycles. The van der Waals surface area contributed by atoms with Crippen molar-refractivity contribution in [3.05, 3.63) is 0 Å². The summed E-state index contributed by atoms with van der Waals surface area (Å²) in [5.41, 5.74) is 0. The molecule has 0 saturated carbocycles. The van der Waals surface area contributed by atoms with E-state index < -0.39 is 0 Å².